The predicted octanol–water partition coefficient (Wildman–Crippen LogP) is 1.48. The maximum Gasteiger partial charge on any atom is 0.156 e. The Morgan fingerprint density at radius 1 is 1.48 bits per heavy atom. The molecule has 0 radical (unpaired) electrons. The molecule has 118 valence electrons. The average molecular weight is 311 g/mol. The lowest BCUT2D eigenvalue weighted by molar-refractivity contribution is 0.107. The summed E-state index contributed by atoms with van der Waals surface area (Å²) in [6.07, 6.45) is 1.96. The van der Waals surface area contributed by atoms with Gasteiger partial charge in [-0.15, -0.1) is 11.3 Å². The van der Waals surface area contributed by atoms with E-state index in [9.17, 15) is 0 Å². The van der Waals surface area contributed by atoms with Crippen LogP contribution < -0.4 is 5.73 Å². The van der Waals surface area contributed by atoms with E-state index in [4.69, 9.17) is 10.9 Å². The standard InChI is InChI=1S/C14H25N5OS/c1-3-4-13(14(15)17-20)19-7-5-18(6-8-19)9-12-10-21-11(2)16-12/h10,13,20H,3-9H2,1-2H3,(H2,15,17). The molecule has 1 saturated heterocycles. The lowest BCUT2D eigenvalue weighted by Gasteiger charge is -2.38. The van der Waals surface area contributed by atoms with Gasteiger partial charge < -0.3 is 10.9 Å². The molecule has 2 heterocycles. The van der Waals surface area contributed by atoms with Crippen molar-refractivity contribution in [2.75, 3.05) is 26.2 Å². The molecule has 1 aromatic heterocycles. The number of thiazole rings is 1. The highest BCUT2D eigenvalue weighted by Gasteiger charge is 2.26. The maximum absolute atomic E-state index is 8.93. The van der Waals surface area contributed by atoms with Crippen LogP contribution in [0.1, 0.15) is 30.5 Å². The number of hydrogen-bond donors (Lipinski definition) is 2. The van der Waals surface area contributed by atoms with E-state index in [1.807, 2.05) is 6.92 Å². The molecule has 1 aliphatic rings. The molecule has 1 aromatic rings. The van der Waals surface area contributed by atoms with Crippen molar-refractivity contribution in [3.8, 4) is 0 Å². The molecule has 0 saturated carbocycles. The molecular weight excluding hydrogens is 286 g/mol. The molecule has 7 heteroatoms. The van der Waals surface area contributed by atoms with Crippen molar-refractivity contribution in [3.63, 3.8) is 0 Å². The number of nitrogens with zero attached hydrogens (tertiary/aromatic N) is 4. The van der Waals surface area contributed by atoms with E-state index in [0.717, 1.165) is 56.3 Å². The first kappa shape index (κ1) is 16.2. The maximum atomic E-state index is 8.93. The monoisotopic (exact) mass is 311 g/mol. The molecule has 0 aliphatic carbocycles. The van der Waals surface area contributed by atoms with Gasteiger partial charge in [0.05, 0.1) is 16.7 Å². The lowest BCUT2D eigenvalue weighted by atomic mass is 10.1. The SMILES string of the molecule is CCCC(C(N)=NO)N1CCN(Cc2csc(C)n2)CC1. The number of piperazine rings is 1. The van der Waals surface area contributed by atoms with Gasteiger partial charge in [-0.05, 0) is 13.3 Å². The fourth-order valence-electron chi connectivity index (χ4n) is 2.80. The summed E-state index contributed by atoms with van der Waals surface area (Å²) in [6.45, 7) is 8.97. The molecule has 1 atom stereocenters. The fraction of sp³-hybridized carbons (Fsp3) is 0.714. The van der Waals surface area contributed by atoms with Gasteiger partial charge in [-0.25, -0.2) is 4.98 Å². The van der Waals surface area contributed by atoms with Gasteiger partial charge in [0.15, 0.2) is 5.84 Å². The summed E-state index contributed by atoms with van der Waals surface area (Å²) in [7, 11) is 0. The molecular formula is C14H25N5OS. The van der Waals surface area contributed by atoms with Crippen LogP contribution in [0.15, 0.2) is 10.5 Å². The average Bonchev–Trinajstić information content (AvgIpc) is 2.90. The number of hydrogen-bond acceptors (Lipinski definition) is 6. The molecule has 2 rings (SSSR count). The molecule has 0 amide bonds. The Kier molecular flexibility index (Phi) is 5.96. The smallest absolute Gasteiger partial charge is 0.156 e. The molecule has 0 aromatic carbocycles. The summed E-state index contributed by atoms with van der Waals surface area (Å²) >= 11 is 1.70. The third-order valence-electron chi connectivity index (χ3n) is 3.92. The summed E-state index contributed by atoms with van der Waals surface area (Å²) < 4.78 is 0. The second kappa shape index (κ2) is 7.72. The van der Waals surface area contributed by atoms with Crippen LogP contribution in [0.4, 0.5) is 0 Å². The topological polar surface area (TPSA) is 78.0 Å². The molecule has 1 fully saturated rings. The molecule has 0 bridgehead atoms. The van der Waals surface area contributed by atoms with Crippen molar-refractivity contribution in [2.24, 2.45) is 10.9 Å². The first-order valence-corrected chi connectivity index (χ1v) is 8.36. The van der Waals surface area contributed by atoms with E-state index in [-0.39, 0.29) is 6.04 Å². The zero-order valence-corrected chi connectivity index (χ0v) is 13.6. The van der Waals surface area contributed by atoms with Crippen LogP contribution in [-0.4, -0.2) is 58.0 Å². The van der Waals surface area contributed by atoms with E-state index in [0.29, 0.717) is 5.84 Å². The predicted molar refractivity (Wildman–Crippen MR) is 85.8 cm³/mol. The zero-order chi connectivity index (χ0) is 15.2. The number of nitrogens with two attached hydrogens (primary N) is 1. The summed E-state index contributed by atoms with van der Waals surface area (Å²) in [6, 6.07) is 0.0590. The zero-order valence-electron chi connectivity index (χ0n) is 12.8. The number of amidine groups is 1. The third-order valence-corrected chi connectivity index (χ3v) is 4.74. The number of aromatic nitrogens is 1. The van der Waals surface area contributed by atoms with Crippen LogP contribution in [0.25, 0.3) is 0 Å². The molecule has 1 aliphatic heterocycles. The third kappa shape index (κ3) is 4.39. The first-order valence-electron chi connectivity index (χ1n) is 7.48. The summed E-state index contributed by atoms with van der Waals surface area (Å²) in [4.78, 5) is 9.26. The highest BCUT2D eigenvalue weighted by atomic mass is 32.1. The Balaban J connectivity index is 1.86. The second-order valence-electron chi connectivity index (χ2n) is 5.50. The van der Waals surface area contributed by atoms with Gasteiger partial charge in [0.2, 0.25) is 0 Å². The van der Waals surface area contributed by atoms with Gasteiger partial charge in [-0.1, -0.05) is 18.5 Å². The van der Waals surface area contributed by atoms with Crippen molar-refractivity contribution >= 4 is 17.2 Å². The van der Waals surface area contributed by atoms with E-state index >= 15 is 0 Å². The molecule has 0 spiro atoms. The van der Waals surface area contributed by atoms with Gasteiger partial charge in [0.25, 0.3) is 0 Å². The molecule has 6 nitrogen and oxygen atoms in total. The molecule has 1 unspecified atom stereocenters. The van der Waals surface area contributed by atoms with E-state index in [1.54, 1.807) is 11.3 Å². The highest BCUT2D eigenvalue weighted by molar-refractivity contribution is 7.09. The lowest BCUT2D eigenvalue weighted by Crippen LogP contribution is -2.53. The summed E-state index contributed by atoms with van der Waals surface area (Å²) in [5.74, 6) is 0.334. The van der Waals surface area contributed by atoms with Crippen LogP contribution in [0.5, 0.6) is 0 Å². The van der Waals surface area contributed by atoms with E-state index < -0.39 is 0 Å². The van der Waals surface area contributed by atoms with Crippen molar-refractivity contribution in [2.45, 2.75) is 39.3 Å². The van der Waals surface area contributed by atoms with Crippen LogP contribution in [0.2, 0.25) is 0 Å². The van der Waals surface area contributed by atoms with Crippen LogP contribution in [0, 0.1) is 6.92 Å². The van der Waals surface area contributed by atoms with Gasteiger partial charge in [0, 0.05) is 38.1 Å². The number of rotatable bonds is 6. The van der Waals surface area contributed by atoms with E-state index in [2.05, 4.69) is 32.2 Å². The first-order chi connectivity index (χ1) is 10.1. The molecule has 21 heavy (non-hydrogen) atoms. The largest absolute Gasteiger partial charge is 0.409 e. The Bertz CT molecular complexity index is 468. The minimum Gasteiger partial charge on any atom is -0.409 e. The Morgan fingerprint density at radius 2 is 2.19 bits per heavy atom. The quantitative estimate of drug-likeness (QED) is 0.360. The van der Waals surface area contributed by atoms with Crippen LogP contribution >= 0.6 is 11.3 Å². The summed E-state index contributed by atoms with van der Waals surface area (Å²) in [5.41, 5.74) is 6.99. The second-order valence-corrected chi connectivity index (χ2v) is 6.56. The van der Waals surface area contributed by atoms with E-state index in [1.165, 1.54) is 0 Å². The normalized spacial score (nSPS) is 19.8. The van der Waals surface area contributed by atoms with Gasteiger partial charge >= 0.3 is 0 Å². The van der Waals surface area contributed by atoms with Gasteiger partial charge in [-0.2, -0.15) is 0 Å². The van der Waals surface area contributed by atoms with Crippen molar-refractivity contribution < 1.29 is 5.21 Å². The van der Waals surface area contributed by atoms with Crippen LogP contribution in [-0.2, 0) is 6.54 Å². The van der Waals surface area contributed by atoms with Crippen LogP contribution in [0.3, 0.4) is 0 Å². The Morgan fingerprint density at radius 3 is 2.71 bits per heavy atom. The molecule has 3 N–H and O–H groups in total. The van der Waals surface area contributed by atoms with Gasteiger partial charge in [-0.3, -0.25) is 9.80 Å². The highest BCUT2D eigenvalue weighted by Crippen LogP contribution is 2.15. The minimum atomic E-state index is 0.0590. The number of oxime groups is 1. The summed E-state index contributed by atoms with van der Waals surface area (Å²) in [5, 5.41) is 15.4. The van der Waals surface area contributed by atoms with Crippen molar-refractivity contribution in [1.82, 2.24) is 14.8 Å². The Labute approximate surface area is 130 Å². The Hall–Kier alpha value is -1.18. The van der Waals surface area contributed by atoms with Gasteiger partial charge in [0.1, 0.15) is 0 Å². The minimum absolute atomic E-state index is 0.0590. The fourth-order valence-corrected chi connectivity index (χ4v) is 3.40. The van der Waals surface area contributed by atoms with Crippen molar-refractivity contribution in [3.05, 3.63) is 16.1 Å². The number of aryl methyl sites for hydroxylation is 1. The van der Waals surface area contributed by atoms with Crippen molar-refractivity contribution in [1.29, 1.82) is 0 Å².